The number of thioether (sulfide) groups is 1. The maximum atomic E-state index is 13.7. The van der Waals surface area contributed by atoms with Gasteiger partial charge in [-0.05, 0) is 129 Å². The average Bonchev–Trinajstić information content (AvgIpc) is 3.91. The van der Waals surface area contributed by atoms with Crippen LogP contribution in [0.1, 0.15) is 126 Å². The lowest BCUT2D eigenvalue weighted by atomic mass is 9.92. The van der Waals surface area contributed by atoms with Crippen molar-refractivity contribution in [2.75, 3.05) is 19.3 Å². The molecule has 12 heteroatoms. The molecule has 2 N–H and O–H groups in total. The van der Waals surface area contributed by atoms with Crippen LogP contribution in [0.15, 0.2) is 30.8 Å². The zero-order valence-corrected chi connectivity index (χ0v) is 37.9. The van der Waals surface area contributed by atoms with Gasteiger partial charge in [-0.25, -0.2) is 9.97 Å². The molecule has 6 heterocycles. The summed E-state index contributed by atoms with van der Waals surface area (Å²) < 4.78 is 17.6. The number of H-pyrrole nitrogens is 2. The van der Waals surface area contributed by atoms with Gasteiger partial charge < -0.3 is 29.1 Å². The van der Waals surface area contributed by atoms with Crippen LogP contribution in [0, 0.1) is 26.7 Å². The fourth-order valence-electron chi connectivity index (χ4n) is 8.64. The van der Waals surface area contributed by atoms with E-state index in [1.165, 1.54) is 25.0 Å². The van der Waals surface area contributed by atoms with Crippen LogP contribution < -0.4 is 0 Å². The molecule has 1 fully saturated rings. The minimum Gasteiger partial charge on any atom is -0.458 e. The third kappa shape index (κ3) is 9.19. The van der Waals surface area contributed by atoms with E-state index in [1.807, 2.05) is 27.0 Å². The lowest BCUT2D eigenvalue weighted by Crippen LogP contribution is -2.55. The van der Waals surface area contributed by atoms with Crippen LogP contribution in [0.5, 0.6) is 0 Å². The minimum atomic E-state index is -0.661. The average molecular weight is 836 g/mol. The van der Waals surface area contributed by atoms with Gasteiger partial charge in [-0.15, -0.1) is 11.8 Å². The Balaban J connectivity index is 1.23. The Labute approximate surface area is 358 Å². The van der Waals surface area contributed by atoms with Gasteiger partial charge in [-0.3, -0.25) is 14.4 Å². The highest BCUT2D eigenvalue weighted by molar-refractivity contribution is 7.99. The van der Waals surface area contributed by atoms with Crippen LogP contribution >= 0.6 is 11.8 Å². The van der Waals surface area contributed by atoms with E-state index in [2.05, 4.69) is 82.4 Å². The largest absolute Gasteiger partial charge is 0.458 e. The summed E-state index contributed by atoms with van der Waals surface area (Å²) in [5, 5.41) is 0. The molecule has 0 spiro atoms. The maximum absolute atomic E-state index is 13.7. The second kappa shape index (κ2) is 18.8. The second-order valence-corrected chi connectivity index (χ2v) is 17.5. The van der Waals surface area contributed by atoms with Crippen molar-refractivity contribution in [3.63, 3.8) is 0 Å². The molecule has 1 saturated heterocycles. The molecule has 6 rings (SSSR count). The number of ether oxygens (including phenoxy) is 3. The highest BCUT2D eigenvalue weighted by Crippen LogP contribution is 2.39. The standard InChI is InChI=1S/C48H61N5O6S/c1-13-33-27(6)39-24-42-34(14-2)26(5)38(50-42)23-40-28(7)35(45(52-40)29(8)37-21-25(4)36(49-37)22-41(33)51-39)17-18-44(56)53(12)19-16-20-60-48-30(9)46(57-31(10)54)47(58-32(11)55)43(15-3)59-48/h14,21-24,30,43,46-50H,2,13,15-20H2,1,3-12H3/t30-,43+,46+,47+,48+/m0/s1. The number of aromatic amines is 2. The van der Waals surface area contributed by atoms with E-state index in [9.17, 15) is 14.4 Å². The maximum Gasteiger partial charge on any atom is 0.303 e. The monoisotopic (exact) mass is 835 g/mol. The molecule has 0 aromatic carbocycles. The first kappa shape index (κ1) is 44.6. The van der Waals surface area contributed by atoms with Gasteiger partial charge in [0.1, 0.15) is 11.5 Å². The Morgan fingerprint density at radius 3 is 2.13 bits per heavy atom. The van der Waals surface area contributed by atoms with E-state index >= 15 is 0 Å². The highest BCUT2D eigenvalue weighted by Gasteiger charge is 2.47. The number of carbonyl (C=O) groups excluding carboxylic acids is 3. The number of amides is 1. The fraction of sp³-hybridized carbons (Fsp3) is 0.479. The van der Waals surface area contributed by atoms with E-state index in [-0.39, 0.29) is 17.3 Å². The highest BCUT2D eigenvalue weighted by atomic mass is 32.2. The molecule has 1 amide bonds. The van der Waals surface area contributed by atoms with Gasteiger partial charge >= 0.3 is 11.9 Å². The van der Waals surface area contributed by atoms with Gasteiger partial charge in [-0.2, -0.15) is 0 Å². The zero-order valence-electron chi connectivity index (χ0n) is 37.1. The summed E-state index contributed by atoms with van der Waals surface area (Å²) in [5.41, 5.74) is 16.1. The fourth-order valence-corrected chi connectivity index (χ4v) is 9.85. The van der Waals surface area contributed by atoms with Crippen molar-refractivity contribution in [3.8, 4) is 0 Å². The van der Waals surface area contributed by atoms with Crippen molar-refractivity contribution in [3.05, 3.63) is 75.9 Å². The van der Waals surface area contributed by atoms with E-state index in [0.29, 0.717) is 25.8 Å². The molecule has 11 nitrogen and oxygen atoms in total. The number of hydrogen-bond donors (Lipinski definition) is 2. The van der Waals surface area contributed by atoms with E-state index in [4.69, 9.17) is 24.2 Å². The Hall–Kier alpha value is -4.94. The number of nitrogens with one attached hydrogen (secondary N) is 2. The minimum absolute atomic E-state index is 0.0626. The smallest absolute Gasteiger partial charge is 0.303 e. The van der Waals surface area contributed by atoms with Crippen LogP contribution in [0.25, 0.3) is 50.4 Å². The summed E-state index contributed by atoms with van der Waals surface area (Å²) >= 11 is 1.64. The normalized spacial score (nSPS) is 20.4. The third-order valence-corrected chi connectivity index (χ3v) is 13.6. The molecule has 320 valence electrons. The molecule has 0 radical (unpaired) electrons. The molecule has 3 aromatic rings. The predicted molar refractivity (Wildman–Crippen MR) is 244 cm³/mol. The molecule has 0 saturated carbocycles. The molecule has 0 unspecified atom stereocenters. The molecule has 5 atom stereocenters. The summed E-state index contributed by atoms with van der Waals surface area (Å²) in [6.45, 7) is 24.1. The first-order valence-electron chi connectivity index (χ1n) is 21.2. The number of allylic oxidation sites excluding steroid dienone is 4. The number of rotatable bonds is 13. The third-order valence-electron chi connectivity index (χ3n) is 12.2. The molecular weight excluding hydrogens is 775 g/mol. The molecular formula is C48H61N5O6S. The first-order chi connectivity index (χ1) is 28.6. The zero-order chi connectivity index (χ0) is 43.6. The van der Waals surface area contributed by atoms with Crippen molar-refractivity contribution in [1.29, 1.82) is 0 Å². The van der Waals surface area contributed by atoms with Crippen molar-refractivity contribution >= 4 is 80.0 Å². The number of hydrogen-bond acceptors (Lipinski definition) is 9. The van der Waals surface area contributed by atoms with Crippen molar-refractivity contribution in [2.45, 2.75) is 125 Å². The van der Waals surface area contributed by atoms with E-state index in [0.717, 1.165) is 96.8 Å². The van der Waals surface area contributed by atoms with Crippen molar-refractivity contribution in [2.24, 2.45) is 5.92 Å². The van der Waals surface area contributed by atoms with Gasteiger partial charge in [0.05, 0.1) is 28.9 Å². The molecule has 0 aliphatic carbocycles. The topological polar surface area (TPSA) is 140 Å². The molecule has 3 aliphatic rings. The number of esters is 2. The van der Waals surface area contributed by atoms with Crippen LogP contribution in [-0.4, -0.2) is 85.8 Å². The molecule has 60 heavy (non-hydrogen) atoms. The molecule has 3 aliphatic heterocycles. The quantitative estimate of drug-likeness (QED) is 0.127. The number of carbonyl (C=O) groups is 3. The summed E-state index contributed by atoms with van der Waals surface area (Å²) in [6.07, 6.45) is 3.36. The lowest BCUT2D eigenvalue weighted by molar-refractivity contribution is -0.210. The number of aryl methyl sites for hydroxylation is 3. The van der Waals surface area contributed by atoms with Crippen molar-refractivity contribution < 1.29 is 28.6 Å². The SMILES string of the molecule is C=Cc1c(C)c2cc3nc(c(C)c4cc(C)c(cc5nc(cc1[nH]2)C(C)=C5CC)[nH]4)C(CCC(=O)N(C)CCCS[C@H]1O[C@H](CC)[C@@H](OC(C)=O)[C@H](OC(C)=O)[C@@H]1C)=C3C. The Morgan fingerprint density at radius 2 is 1.47 bits per heavy atom. The van der Waals surface area contributed by atoms with Gasteiger partial charge in [0, 0.05) is 67.4 Å². The van der Waals surface area contributed by atoms with Crippen LogP contribution in [0.2, 0.25) is 0 Å². The lowest BCUT2D eigenvalue weighted by Gasteiger charge is -2.44. The van der Waals surface area contributed by atoms with Crippen LogP contribution in [0.3, 0.4) is 0 Å². The van der Waals surface area contributed by atoms with Crippen LogP contribution in [0.4, 0.5) is 0 Å². The van der Waals surface area contributed by atoms with E-state index < -0.39 is 30.3 Å². The molecule has 3 aromatic heterocycles. The summed E-state index contributed by atoms with van der Waals surface area (Å²) in [5.74, 6) is -0.258. The van der Waals surface area contributed by atoms with Gasteiger partial charge in [0.25, 0.3) is 0 Å². The van der Waals surface area contributed by atoms with Gasteiger partial charge in [0.2, 0.25) is 5.91 Å². The van der Waals surface area contributed by atoms with Crippen LogP contribution in [-0.2, 0) is 28.6 Å². The Bertz CT molecular complexity index is 2420. The first-order valence-corrected chi connectivity index (χ1v) is 22.2. The number of fused-ring (bicyclic) bond motifs is 8. The molecule has 8 bridgehead atoms. The predicted octanol–water partition coefficient (Wildman–Crippen LogP) is 10.2. The summed E-state index contributed by atoms with van der Waals surface area (Å²) in [6, 6.07) is 8.57. The Kier molecular flexibility index (Phi) is 14.0. The summed E-state index contributed by atoms with van der Waals surface area (Å²) in [7, 11) is 1.86. The number of aromatic nitrogens is 4. The van der Waals surface area contributed by atoms with Gasteiger partial charge in [-0.1, -0.05) is 33.4 Å². The Morgan fingerprint density at radius 1 is 0.850 bits per heavy atom. The summed E-state index contributed by atoms with van der Waals surface area (Å²) in [4.78, 5) is 57.1. The van der Waals surface area contributed by atoms with E-state index in [1.54, 1.807) is 16.7 Å². The second-order valence-electron chi connectivity index (χ2n) is 16.3. The number of nitrogens with zero attached hydrogens (tertiary/aromatic N) is 3. The van der Waals surface area contributed by atoms with Gasteiger partial charge in [0.15, 0.2) is 6.10 Å². The van der Waals surface area contributed by atoms with Crippen molar-refractivity contribution in [1.82, 2.24) is 24.8 Å².